The molecule has 5 nitrogen and oxygen atoms in total. The monoisotopic (exact) mass is 364 g/mol. The summed E-state index contributed by atoms with van der Waals surface area (Å²) >= 11 is 0. The maximum Gasteiger partial charge on any atom is 0.189 e. The summed E-state index contributed by atoms with van der Waals surface area (Å²) in [7, 11) is 1.38. The van der Waals surface area contributed by atoms with Crippen molar-refractivity contribution in [3.05, 3.63) is 35.3 Å². The van der Waals surface area contributed by atoms with Crippen LogP contribution in [-0.2, 0) is 20.7 Å². The largest absolute Gasteiger partial charge is 0.504 e. The van der Waals surface area contributed by atoms with Gasteiger partial charge in [-0.2, -0.15) is 0 Å². The van der Waals surface area contributed by atoms with Gasteiger partial charge < -0.3 is 19.3 Å². The lowest BCUT2D eigenvalue weighted by molar-refractivity contribution is -0.123. The van der Waals surface area contributed by atoms with E-state index in [1.807, 2.05) is 13.8 Å². The zero-order valence-corrected chi connectivity index (χ0v) is 15.4. The Kier molecular flexibility index (Phi) is 5.23. The molecule has 26 heavy (non-hydrogen) atoms. The number of ether oxygens (including phenoxy) is 3. The van der Waals surface area contributed by atoms with Crippen LogP contribution in [0.3, 0.4) is 0 Å². The molecule has 1 aliphatic heterocycles. The summed E-state index contributed by atoms with van der Waals surface area (Å²) in [5.41, 5.74) is -0.348. The van der Waals surface area contributed by atoms with Gasteiger partial charge >= 0.3 is 0 Å². The maximum atomic E-state index is 14.4. The third-order valence-electron chi connectivity index (χ3n) is 5.48. The van der Waals surface area contributed by atoms with Gasteiger partial charge in [-0.25, -0.2) is 4.39 Å². The summed E-state index contributed by atoms with van der Waals surface area (Å²) < 4.78 is 30.9. The van der Waals surface area contributed by atoms with Crippen LogP contribution in [0.5, 0.6) is 11.5 Å². The van der Waals surface area contributed by atoms with Crippen LogP contribution in [0.4, 0.5) is 4.39 Å². The lowest BCUT2D eigenvalue weighted by Gasteiger charge is -2.38. The predicted molar refractivity (Wildman–Crippen MR) is 93.4 cm³/mol. The van der Waals surface area contributed by atoms with E-state index in [4.69, 9.17) is 14.2 Å². The van der Waals surface area contributed by atoms with Crippen molar-refractivity contribution < 1.29 is 28.5 Å². The van der Waals surface area contributed by atoms with Crippen LogP contribution in [0.15, 0.2) is 24.0 Å². The second kappa shape index (κ2) is 7.27. The first kappa shape index (κ1) is 18.7. The van der Waals surface area contributed by atoms with E-state index in [0.29, 0.717) is 24.2 Å². The molecule has 0 aromatic heterocycles. The third-order valence-corrected chi connectivity index (χ3v) is 5.48. The highest BCUT2D eigenvalue weighted by molar-refractivity contribution is 5.93. The molecule has 3 rings (SSSR count). The van der Waals surface area contributed by atoms with Crippen LogP contribution in [0.1, 0.15) is 38.7 Å². The molecule has 1 fully saturated rings. The molecule has 6 heteroatoms. The molecule has 1 aromatic carbocycles. The zero-order chi connectivity index (χ0) is 18.9. The summed E-state index contributed by atoms with van der Waals surface area (Å²) in [5.74, 6) is -0.0682. The van der Waals surface area contributed by atoms with E-state index in [2.05, 4.69) is 0 Å². The number of hydrogen-bond donors (Lipinski definition) is 1. The second-order valence-electron chi connectivity index (χ2n) is 7.12. The van der Waals surface area contributed by atoms with E-state index in [1.54, 1.807) is 6.08 Å². The van der Waals surface area contributed by atoms with Gasteiger partial charge in [0.15, 0.2) is 24.1 Å². The van der Waals surface area contributed by atoms with Gasteiger partial charge in [-0.1, -0.05) is 20.3 Å². The van der Waals surface area contributed by atoms with Crippen LogP contribution in [-0.4, -0.2) is 30.4 Å². The average Bonchev–Trinajstić information content (AvgIpc) is 3.02. The molecule has 0 spiro atoms. The van der Waals surface area contributed by atoms with E-state index < -0.39 is 11.4 Å². The Morgan fingerprint density at radius 3 is 2.92 bits per heavy atom. The average molecular weight is 364 g/mol. The molecular weight excluding hydrogens is 339 g/mol. The van der Waals surface area contributed by atoms with E-state index in [9.17, 15) is 14.3 Å². The fourth-order valence-corrected chi connectivity index (χ4v) is 4.01. The molecule has 3 atom stereocenters. The van der Waals surface area contributed by atoms with Gasteiger partial charge in [0.1, 0.15) is 17.2 Å². The zero-order valence-electron chi connectivity index (χ0n) is 15.4. The molecule has 1 aliphatic carbocycles. The van der Waals surface area contributed by atoms with Crippen molar-refractivity contribution in [1.29, 1.82) is 0 Å². The topological polar surface area (TPSA) is 65.0 Å². The van der Waals surface area contributed by atoms with Gasteiger partial charge in [0.05, 0.1) is 7.11 Å². The van der Waals surface area contributed by atoms with Crippen LogP contribution < -0.4 is 4.74 Å². The minimum atomic E-state index is -0.726. The van der Waals surface area contributed by atoms with Crippen molar-refractivity contribution in [2.75, 3.05) is 13.9 Å². The third kappa shape index (κ3) is 3.18. The standard InChI is InChI=1S/C20H25FO5/c1-4-5-13-10-20(19(9-16(13)22)25-11-26-20)12(2)6-14-7-17(23)18(24-3)8-15(14)21/h7-9,12-13,23H,4-6,10-11H2,1-3H3/t12?,13-,20+/m1/s1. The van der Waals surface area contributed by atoms with Crippen LogP contribution in [0.2, 0.25) is 0 Å². The first-order valence-corrected chi connectivity index (χ1v) is 8.99. The van der Waals surface area contributed by atoms with Gasteiger partial charge in [-0.3, -0.25) is 4.79 Å². The number of fused-ring (bicyclic) bond motifs is 1. The number of halogens is 1. The number of carbonyl (C=O) groups is 1. The van der Waals surface area contributed by atoms with Crippen LogP contribution in [0.25, 0.3) is 0 Å². The molecular formula is C20H25FO5. The lowest BCUT2D eigenvalue weighted by Crippen LogP contribution is -2.45. The summed E-state index contributed by atoms with van der Waals surface area (Å²) in [6.07, 6.45) is 4.13. The Morgan fingerprint density at radius 1 is 1.46 bits per heavy atom. The Bertz CT molecular complexity index is 729. The number of rotatable bonds is 6. The van der Waals surface area contributed by atoms with Gasteiger partial charge in [-0.15, -0.1) is 0 Å². The summed E-state index contributed by atoms with van der Waals surface area (Å²) in [6, 6.07) is 2.57. The number of methoxy groups -OCH3 is 1. The lowest BCUT2D eigenvalue weighted by atomic mass is 9.71. The minimum Gasteiger partial charge on any atom is -0.504 e. The minimum absolute atomic E-state index is 0.0726. The van der Waals surface area contributed by atoms with Gasteiger partial charge in [0.2, 0.25) is 0 Å². The van der Waals surface area contributed by atoms with Crippen molar-refractivity contribution in [3.63, 3.8) is 0 Å². The quantitative estimate of drug-likeness (QED) is 0.833. The summed E-state index contributed by atoms with van der Waals surface area (Å²) in [6.45, 7) is 4.10. The number of phenolic OH excluding ortho intramolecular Hbond substituents is 1. The Morgan fingerprint density at radius 2 is 2.23 bits per heavy atom. The second-order valence-corrected chi connectivity index (χ2v) is 7.12. The van der Waals surface area contributed by atoms with Gasteiger partial charge in [0, 0.05) is 18.1 Å². The number of allylic oxidation sites excluding steroid dienone is 1. The predicted octanol–water partition coefficient (Wildman–Crippen LogP) is 3.73. The molecule has 0 bridgehead atoms. The van der Waals surface area contributed by atoms with E-state index in [0.717, 1.165) is 12.8 Å². The van der Waals surface area contributed by atoms with E-state index >= 15 is 0 Å². The summed E-state index contributed by atoms with van der Waals surface area (Å²) in [5, 5.41) is 9.97. The molecule has 1 heterocycles. The smallest absolute Gasteiger partial charge is 0.189 e. The Balaban J connectivity index is 1.88. The van der Waals surface area contributed by atoms with Gasteiger partial charge in [-0.05, 0) is 36.8 Å². The molecule has 1 saturated heterocycles. The number of benzene rings is 1. The van der Waals surface area contributed by atoms with Crippen molar-refractivity contribution in [1.82, 2.24) is 0 Å². The number of ketones is 1. The highest BCUT2D eigenvalue weighted by Gasteiger charge is 2.51. The number of carbonyl (C=O) groups excluding carboxylic acids is 1. The Hall–Kier alpha value is -2.08. The van der Waals surface area contributed by atoms with E-state index in [-0.39, 0.29) is 35.9 Å². The van der Waals surface area contributed by atoms with Crippen molar-refractivity contribution in [2.45, 2.75) is 45.1 Å². The maximum absolute atomic E-state index is 14.4. The molecule has 1 N–H and O–H groups in total. The van der Waals surface area contributed by atoms with Gasteiger partial charge in [0.25, 0.3) is 0 Å². The molecule has 0 saturated carbocycles. The van der Waals surface area contributed by atoms with Crippen LogP contribution >= 0.6 is 0 Å². The highest BCUT2D eigenvalue weighted by atomic mass is 19.1. The number of aromatic hydroxyl groups is 1. The molecule has 142 valence electrons. The van der Waals surface area contributed by atoms with Crippen molar-refractivity contribution >= 4 is 5.78 Å². The first-order valence-electron chi connectivity index (χ1n) is 8.99. The number of phenols is 1. The van der Waals surface area contributed by atoms with Crippen molar-refractivity contribution in [2.24, 2.45) is 11.8 Å². The molecule has 0 amide bonds. The highest BCUT2D eigenvalue weighted by Crippen LogP contribution is 2.46. The fourth-order valence-electron chi connectivity index (χ4n) is 4.01. The SMILES string of the molecule is CCC[C@@H]1C[C@@]2(C(C)Cc3cc(O)c(OC)cc3F)OCOC2=CC1=O. The normalized spacial score (nSPS) is 26.1. The molecule has 0 radical (unpaired) electrons. The molecule has 1 unspecified atom stereocenters. The van der Waals surface area contributed by atoms with Crippen molar-refractivity contribution in [3.8, 4) is 11.5 Å². The fraction of sp³-hybridized carbons (Fsp3) is 0.550. The summed E-state index contributed by atoms with van der Waals surface area (Å²) in [4.78, 5) is 12.3. The van der Waals surface area contributed by atoms with Crippen LogP contribution in [0, 0.1) is 17.7 Å². The first-order chi connectivity index (χ1) is 12.4. The molecule has 2 aliphatic rings. The van der Waals surface area contributed by atoms with E-state index in [1.165, 1.54) is 19.2 Å². The molecule has 1 aromatic rings. The number of hydrogen-bond acceptors (Lipinski definition) is 5. The Labute approximate surface area is 152 Å².